The molecular formula is C25H22BrN5OS. The fourth-order valence-electron chi connectivity index (χ4n) is 3.07. The van der Waals surface area contributed by atoms with Gasteiger partial charge >= 0.3 is 0 Å². The number of nitrogens with one attached hydrogen (secondary N) is 1. The van der Waals surface area contributed by atoms with Crippen molar-refractivity contribution in [2.45, 2.75) is 19.0 Å². The van der Waals surface area contributed by atoms with Crippen molar-refractivity contribution in [2.24, 2.45) is 5.10 Å². The van der Waals surface area contributed by atoms with Gasteiger partial charge in [0.1, 0.15) is 0 Å². The van der Waals surface area contributed by atoms with Gasteiger partial charge in [-0.25, -0.2) is 5.43 Å². The number of halogens is 1. The average Bonchev–Trinajstić information content (AvgIpc) is 3.24. The highest BCUT2D eigenvalue weighted by Crippen LogP contribution is 2.28. The van der Waals surface area contributed by atoms with Crippen LogP contribution < -0.4 is 5.43 Å². The predicted octanol–water partition coefficient (Wildman–Crippen LogP) is 5.56. The minimum absolute atomic E-state index is 0.162. The molecule has 8 heteroatoms. The van der Waals surface area contributed by atoms with E-state index < -0.39 is 0 Å². The van der Waals surface area contributed by atoms with Crippen molar-refractivity contribution >= 4 is 39.8 Å². The summed E-state index contributed by atoms with van der Waals surface area (Å²) in [5.74, 6) is 0.675. The number of hydrogen-bond acceptors (Lipinski definition) is 5. The van der Waals surface area contributed by atoms with E-state index in [1.54, 1.807) is 6.21 Å². The summed E-state index contributed by atoms with van der Waals surface area (Å²) in [6.07, 6.45) is 1.61. The number of amides is 1. The van der Waals surface area contributed by atoms with Crippen LogP contribution in [0.5, 0.6) is 0 Å². The van der Waals surface area contributed by atoms with Gasteiger partial charge in [-0.2, -0.15) is 5.10 Å². The summed E-state index contributed by atoms with van der Waals surface area (Å²) in [6, 6.07) is 24.0. The summed E-state index contributed by atoms with van der Waals surface area (Å²) in [5.41, 5.74) is 7.71. The first-order valence-electron chi connectivity index (χ1n) is 10.3. The van der Waals surface area contributed by atoms with Crippen LogP contribution in [0.1, 0.15) is 16.7 Å². The van der Waals surface area contributed by atoms with Crippen LogP contribution >= 0.6 is 27.7 Å². The number of hydrazone groups is 1. The van der Waals surface area contributed by atoms with Crippen molar-refractivity contribution in [1.29, 1.82) is 0 Å². The van der Waals surface area contributed by atoms with E-state index in [1.807, 2.05) is 91.2 Å². The maximum Gasteiger partial charge on any atom is 0.250 e. The summed E-state index contributed by atoms with van der Waals surface area (Å²) in [6.45, 7) is 4.10. The van der Waals surface area contributed by atoms with Crippen LogP contribution in [0.15, 0.2) is 87.5 Å². The molecule has 0 radical (unpaired) electrons. The first-order valence-corrected chi connectivity index (χ1v) is 12.1. The largest absolute Gasteiger partial charge is 0.272 e. The minimum atomic E-state index is -0.219. The molecule has 1 heterocycles. The molecular weight excluding hydrogens is 498 g/mol. The third-order valence-electron chi connectivity index (χ3n) is 4.84. The normalized spacial score (nSPS) is 11.1. The minimum Gasteiger partial charge on any atom is -0.272 e. The molecule has 0 aliphatic carbocycles. The van der Waals surface area contributed by atoms with Gasteiger partial charge in [0.05, 0.1) is 12.0 Å². The molecule has 0 atom stereocenters. The number of aromatic nitrogens is 3. The Morgan fingerprint density at radius 3 is 2.27 bits per heavy atom. The topological polar surface area (TPSA) is 72.2 Å². The van der Waals surface area contributed by atoms with E-state index >= 15 is 0 Å². The third kappa shape index (κ3) is 5.97. The third-order valence-corrected chi connectivity index (χ3v) is 6.30. The zero-order chi connectivity index (χ0) is 23.2. The van der Waals surface area contributed by atoms with Crippen molar-refractivity contribution in [3.05, 3.63) is 94.0 Å². The van der Waals surface area contributed by atoms with Crippen LogP contribution in [-0.2, 0) is 4.79 Å². The standard InChI is InChI=1S/C25H22BrN5OS/c1-17-3-9-20(10-4-17)24-29-30-25(31(24)22-13-5-18(2)6-14-22)33-16-23(32)28-27-15-19-7-11-21(26)12-8-19/h3-15H,16H2,1-2H3,(H,28,32). The van der Waals surface area contributed by atoms with Crippen LogP contribution in [0.3, 0.4) is 0 Å². The second-order valence-corrected chi connectivity index (χ2v) is 9.33. The van der Waals surface area contributed by atoms with Gasteiger partial charge in [-0.1, -0.05) is 87.3 Å². The summed E-state index contributed by atoms with van der Waals surface area (Å²) in [5, 5.41) is 13.5. The van der Waals surface area contributed by atoms with E-state index in [0.29, 0.717) is 5.16 Å². The molecule has 1 amide bonds. The molecule has 4 rings (SSSR count). The molecule has 0 unspecified atom stereocenters. The molecule has 0 spiro atoms. The van der Waals surface area contributed by atoms with Crippen molar-refractivity contribution in [1.82, 2.24) is 20.2 Å². The molecule has 1 aromatic heterocycles. The Labute approximate surface area is 205 Å². The lowest BCUT2D eigenvalue weighted by atomic mass is 10.1. The summed E-state index contributed by atoms with van der Waals surface area (Å²) in [4.78, 5) is 12.4. The van der Waals surface area contributed by atoms with Gasteiger partial charge in [0, 0.05) is 15.7 Å². The monoisotopic (exact) mass is 519 g/mol. The highest BCUT2D eigenvalue weighted by Gasteiger charge is 2.17. The molecule has 0 aliphatic rings. The first kappa shape index (κ1) is 22.9. The molecule has 0 saturated heterocycles. The molecule has 0 bridgehead atoms. The fraction of sp³-hybridized carbons (Fsp3) is 0.120. The number of carbonyl (C=O) groups excluding carboxylic acids is 1. The highest BCUT2D eigenvalue weighted by molar-refractivity contribution is 9.10. The Morgan fingerprint density at radius 2 is 1.61 bits per heavy atom. The van der Waals surface area contributed by atoms with Crippen LogP contribution in [0.4, 0.5) is 0 Å². The lowest BCUT2D eigenvalue weighted by molar-refractivity contribution is -0.118. The van der Waals surface area contributed by atoms with Gasteiger partial charge in [0.15, 0.2) is 11.0 Å². The van der Waals surface area contributed by atoms with E-state index in [9.17, 15) is 4.79 Å². The summed E-state index contributed by atoms with van der Waals surface area (Å²) >= 11 is 4.71. The molecule has 0 aliphatic heterocycles. The molecule has 33 heavy (non-hydrogen) atoms. The van der Waals surface area contributed by atoms with Gasteiger partial charge in [-0.3, -0.25) is 9.36 Å². The second-order valence-electron chi connectivity index (χ2n) is 7.48. The molecule has 1 N–H and O–H groups in total. The molecule has 0 fully saturated rings. The smallest absolute Gasteiger partial charge is 0.250 e. The van der Waals surface area contributed by atoms with E-state index in [4.69, 9.17) is 0 Å². The van der Waals surface area contributed by atoms with E-state index in [1.165, 1.54) is 22.9 Å². The van der Waals surface area contributed by atoms with Crippen molar-refractivity contribution in [3.63, 3.8) is 0 Å². The second kappa shape index (κ2) is 10.6. The van der Waals surface area contributed by atoms with E-state index in [-0.39, 0.29) is 11.7 Å². The zero-order valence-electron chi connectivity index (χ0n) is 18.2. The Morgan fingerprint density at radius 1 is 0.970 bits per heavy atom. The Balaban J connectivity index is 1.51. The highest BCUT2D eigenvalue weighted by atomic mass is 79.9. The van der Waals surface area contributed by atoms with Crippen molar-refractivity contribution < 1.29 is 4.79 Å². The maximum absolute atomic E-state index is 12.4. The Kier molecular flexibility index (Phi) is 7.36. The maximum atomic E-state index is 12.4. The molecule has 3 aromatic carbocycles. The van der Waals surface area contributed by atoms with Gasteiger partial charge in [0.25, 0.3) is 5.91 Å². The molecule has 166 valence electrons. The number of carbonyl (C=O) groups is 1. The van der Waals surface area contributed by atoms with Gasteiger partial charge in [-0.15, -0.1) is 10.2 Å². The number of rotatable bonds is 7. The Bertz CT molecular complexity index is 1270. The van der Waals surface area contributed by atoms with Crippen LogP contribution in [0.25, 0.3) is 17.1 Å². The summed E-state index contributed by atoms with van der Waals surface area (Å²) in [7, 11) is 0. The zero-order valence-corrected chi connectivity index (χ0v) is 20.6. The lowest BCUT2D eigenvalue weighted by Crippen LogP contribution is -2.20. The average molecular weight is 520 g/mol. The fourth-order valence-corrected chi connectivity index (χ4v) is 4.08. The van der Waals surface area contributed by atoms with Gasteiger partial charge < -0.3 is 0 Å². The number of nitrogens with zero attached hydrogens (tertiary/aromatic N) is 4. The summed E-state index contributed by atoms with van der Waals surface area (Å²) < 4.78 is 2.97. The van der Waals surface area contributed by atoms with Crippen LogP contribution in [-0.4, -0.2) is 32.6 Å². The van der Waals surface area contributed by atoms with Crippen molar-refractivity contribution in [2.75, 3.05) is 5.75 Å². The number of thioether (sulfide) groups is 1. The number of benzene rings is 3. The first-order chi connectivity index (χ1) is 16.0. The molecule has 4 aromatic rings. The number of hydrogen-bond donors (Lipinski definition) is 1. The predicted molar refractivity (Wildman–Crippen MR) is 137 cm³/mol. The SMILES string of the molecule is Cc1ccc(-c2nnc(SCC(=O)NN=Cc3ccc(Br)cc3)n2-c2ccc(C)cc2)cc1. The Hall–Kier alpha value is -3.23. The molecule has 0 saturated carbocycles. The van der Waals surface area contributed by atoms with Crippen LogP contribution in [0, 0.1) is 13.8 Å². The van der Waals surface area contributed by atoms with Gasteiger partial charge in [-0.05, 0) is 43.7 Å². The molecule has 6 nitrogen and oxygen atoms in total. The lowest BCUT2D eigenvalue weighted by Gasteiger charge is -2.11. The van der Waals surface area contributed by atoms with Crippen molar-refractivity contribution in [3.8, 4) is 17.1 Å². The van der Waals surface area contributed by atoms with Crippen LogP contribution in [0.2, 0.25) is 0 Å². The van der Waals surface area contributed by atoms with E-state index in [0.717, 1.165) is 27.1 Å². The van der Waals surface area contributed by atoms with E-state index in [2.05, 4.69) is 36.7 Å². The van der Waals surface area contributed by atoms with Gasteiger partial charge in [0.2, 0.25) is 0 Å². The quantitative estimate of drug-likeness (QED) is 0.197. The number of aryl methyl sites for hydroxylation is 2.